The topological polar surface area (TPSA) is 89.6 Å². The van der Waals surface area contributed by atoms with Crippen LogP contribution >= 0.6 is 23.4 Å². The van der Waals surface area contributed by atoms with E-state index >= 15 is 0 Å². The molecular weight excluding hydrogens is 410 g/mol. The number of pyridine rings is 1. The summed E-state index contributed by atoms with van der Waals surface area (Å²) in [6.07, 6.45) is 4.38. The molecule has 4 aromatic rings. The molecule has 1 saturated carbocycles. The molecule has 0 aliphatic heterocycles. The fraction of sp³-hybridized carbons (Fsp3) is 0.200. The molecule has 3 heterocycles. The van der Waals surface area contributed by atoms with Gasteiger partial charge in [-0.25, -0.2) is 19.9 Å². The normalized spacial score (nSPS) is 18.1. The third kappa shape index (κ3) is 3.61. The highest BCUT2D eigenvalue weighted by Gasteiger charge is 2.43. The molecule has 2 atom stereocenters. The number of aryl methyl sites for hydroxylation is 1. The van der Waals surface area contributed by atoms with Crippen LogP contribution in [-0.2, 0) is 7.05 Å². The molecule has 146 valence electrons. The number of hydrogen-bond acceptors (Lipinski definition) is 6. The minimum atomic E-state index is -0.503. The summed E-state index contributed by atoms with van der Waals surface area (Å²) in [5.74, 6) is 0.474. The molecule has 0 radical (unpaired) electrons. The van der Waals surface area contributed by atoms with Gasteiger partial charge in [0.2, 0.25) is 5.89 Å². The monoisotopic (exact) mass is 425 g/mol. The second-order valence-corrected chi connectivity index (χ2v) is 8.39. The van der Waals surface area contributed by atoms with Crippen molar-refractivity contribution in [3.05, 3.63) is 75.9 Å². The molecule has 0 amide bonds. The Balaban J connectivity index is 1.37. The maximum atomic E-state index is 11.1. The molecule has 3 aromatic heterocycles. The van der Waals surface area contributed by atoms with Gasteiger partial charge in [-0.2, -0.15) is 0 Å². The Morgan fingerprint density at radius 1 is 1.17 bits per heavy atom. The molecule has 1 fully saturated rings. The van der Waals surface area contributed by atoms with Crippen molar-refractivity contribution in [2.24, 2.45) is 7.05 Å². The largest absolute Gasteiger partial charge is 0.434 e. The van der Waals surface area contributed by atoms with Crippen LogP contribution in [0.1, 0.15) is 29.7 Å². The third-order valence-corrected chi connectivity index (χ3v) is 6.31. The Hall–Kier alpha value is -2.84. The van der Waals surface area contributed by atoms with Gasteiger partial charge in [-0.15, -0.1) is 5.10 Å². The molecule has 7 nitrogen and oxygen atoms in total. The van der Waals surface area contributed by atoms with E-state index in [0.29, 0.717) is 16.8 Å². The van der Waals surface area contributed by atoms with E-state index < -0.39 is 5.76 Å². The zero-order valence-corrected chi connectivity index (χ0v) is 16.9. The van der Waals surface area contributed by atoms with Crippen molar-refractivity contribution in [1.29, 1.82) is 0 Å². The first-order valence-corrected chi connectivity index (χ1v) is 10.2. The van der Waals surface area contributed by atoms with Gasteiger partial charge < -0.3 is 8.98 Å². The number of nitrogens with one attached hydrogen (secondary N) is 1. The maximum Gasteiger partial charge on any atom is 0.434 e. The highest BCUT2D eigenvalue weighted by molar-refractivity contribution is 7.99. The molecule has 29 heavy (non-hydrogen) atoms. The van der Waals surface area contributed by atoms with Crippen LogP contribution in [0.15, 0.2) is 68.2 Å². The number of halogens is 1. The SMILES string of the molecule is Cn1cnc(-c2ccc(C3CC3c3n[nH]c(=O)o3)cc2)c1Sc1ccc(Cl)cn1. The van der Waals surface area contributed by atoms with E-state index in [0.717, 1.165) is 27.7 Å². The van der Waals surface area contributed by atoms with Crippen LogP contribution in [0.5, 0.6) is 0 Å². The van der Waals surface area contributed by atoms with Crippen LogP contribution in [0.25, 0.3) is 11.3 Å². The molecular formula is C20H16ClN5O2S. The molecule has 1 aliphatic carbocycles. The zero-order valence-electron chi connectivity index (χ0n) is 15.4. The Labute approximate surface area is 175 Å². The summed E-state index contributed by atoms with van der Waals surface area (Å²) in [5, 5.41) is 8.75. The first kappa shape index (κ1) is 18.2. The van der Waals surface area contributed by atoms with Crippen LogP contribution < -0.4 is 5.76 Å². The predicted octanol–water partition coefficient (Wildman–Crippen LogP) is 4.23. The van der Waals surface area contributed by atoms with E-state index in [1.165, 1.54) is 5.56 Å². The van der Waals surface area contributed by atoms with Gasteiger partial charge in [0.15, 0.2) is 0 Å². The van der Waals surface area contributed by atoms with Gasteiger partial charge in [0.1, 0.15) is 15.7 Å². The number of hydrogen-bond donors (Lipinski definition) is 1. The number of H-pyrrole nitrogens is 1. The quantitative estimate of drug-likeness (QED) is 0.514. The van der Waals surface area contributed by atoms with Gasteiger partial charge in [0.05, 0.1) is 11.3 Å². The summed E-state index contributed by atoms with van der Waals surface area (Å²) >= 11 is 7.48. The van der Waals surface area contributed by atoms with Gasteiger partial charge in [-0.3, -0.25) is 0 Å². The molecule has 1 N–H and O–H groups in total. The number of aromatic amines is 1. The number of imidazole rings is 1. The second-order valence-electron chi connectivity index (χ2n) is 6.95. The lowest BCUT2D eigenvalue weighted by molar-refractivity contribution is 0.461. The maximum absolute atomic E-state index is 11.1. The van der Waals surface area contributed by atoms with E-state index in [2.05, 4.69) is 44.4 Å². The molecule has 0 bridgehead atoms. The smallest absolute Gasteiger partial charge is 0.392 e. The molecule has 1 aliphatic rings. The van der Waals surface area contributed by atoms with Crippen LogP contribution in [0, 0.1) is 0 Å². The molecule has 1 aromatic carbocycles. The average molecular weight is 426 g/mol. The lowest BCUT2D eigenvalue weighted by Crippen LogP contribution is -1.93. The summed E-state index contributed by atoms with van der Waals surface area (Å²) in [4.78, 5) is 20.1. The second kappa shape index (κ2) is 7.20. The van der Waals surface area contributed by atoms with Crippen molar-refractivity contribution in [3.8, 4) is 11.3 Å². The first-order valence-electron chi connectivity index (χ1n) is 9.05. The molecule has 5 rings (SSSR count). The van der Waals surface area contributed by atoms with E-state index in [9.17, 15) is 4.79 Å². The number of nitrogens with zero attached hydrogens (tertiary/aromatic N) is 4. The standard InChI is InChI=1S/C20H16ClN5O2S/c1-26-10-23-17(19(26)29-16-7-6-13(21)9-22-16)12-4-2-11(3-5-12)14-8-15(14)18-24-25-20(27)28-18/h2-7,9-10,14-15H,8H2,1H3,(H,25,27). The Bertz CT molecular complexity index is 1210. The van der Waals surface area contributed by atoms with Crippen molar-refractivity contribution >= 4 is 23.4 Å². The minimum absolute atomic E-state index is 0.164. The van der Waals surface area contributed by atoms with E-state index in [1.54, 1.807) is 24.3 Å². The van der Waals surface area contributed by atoms with Gasteiger partial charge in [-0.05, 0) is 41.8 Å². The lowest BCUT2D eigenvalue weighted by Gasteiger charge is -2.07. The van der Waals surface area contributed by atoms with Gasteiger partial charge in [-0.1, -0.05) is 35.9 Å². The van der Waals surface area contributed by atoms with Crippen LogP contribution in [-0.4, -0.2) is 24.7 Å². The predicted molar refractivity (Wildman–Crippen MR) is 109 cm³/mol. The average Bonchev–Trinajstić information content (AvgIpc) is 3.28. The summed E-state index contributed by atoms with van der Waals surface area (Å²) < 4.78 is 7.07. The fourth-order valence-corrected chi connectivity index (χ4v) is 4.39. The number of rotatable bonds is 5. The Morgan fingerprint density at radius 3 is 2.69 bits per heavy atom. The summed E-state index contributed by atoms with van der Waals surface area (Å²) in [6, 6.07) is 12.1. The zero-order chi connectivity index (χ0) is 20.0. The fourth-order valence-electron chi connectivity index (χ4n) is 3.38. The Morgan fingerprint density at radius 2 is 2.00 bits per heavy atom. The van der Waals surface area contributed by atoms with Crippen LogP contribution in [0.3, 0.4) is 0 Å². The van der Waals surface area contributed by atoms with Gasteiger partial charge >= 0.3 is 5.76 Å². The van der Waals surface area contributed by atoms with Crippen molar-refractivity contribution < 1.29 is 4.42 Å². The van der Waals surface area contributed by atoms with Crippen LogP contribution in [0.4, 0.5) is 0 Å². The molecule has 9 heteroatoms. The van der Waals surface area contributed by atoms with Crippen molar-refractivity contribution in [2.75, 3.05) is 0 Å². The van der Waals surface area contributed by atoms with Crippen LogP contribution in [0.2, 0.25) is 5.02 Å². The van der Waals surface area contributed by atoms with Crippen molar-refractivity contribution in [3.63, 3.8) is 0 Å². The van der Waals surface area contributed by atoms with E-state index in [1.807, 2.05) is 23.7 Å². The summed E-state index contributed by atoms with van der Waals surface area (Å²) in [7, 11) is 1.97. The van der Waals surface area contributed by atoms with E-state index in [-0.39, 0.29) is 5.92 Å². The van der Waals surface area contributed by atoms with Crippen molar-refractivity contribution in [2.45, 2.75) is 28.3 Å². The molecule has 2 unspecified atom stereocenters. The number of benzene rings is 1. The van der Waals surface area contributed by atoms with Gasteiger partial charge in [0.25, 0.3) is 0 Å². The summed E-state index contributed by atoms with van der Waals surface area (Å²) in [6.45, 7) is 0. The Kier molecular flexibility index (Phi) is 4.52. The number of aromatic nitrogens is 5. The van der Waals surface area contributed by atoms with E-state index in [4.69, 9.17) is 16.0 Å². The molecule has 0 saturated heterocycles. The highest BCUT2D eigenvalue weighted by atomic mass is 35.5. The first-order chi connectivity index (χ1) is 14.1. The summed E-state index contributed by atoms with van der Waals surface area (Å²) in [5.41, 5.74) is 3.15. The lowest BCUT2D eigenvalue weighted by atomic mass is 10.1. The van der Waals surface area contributed by atoms with Gasteiger partial charge in [0, 0.05) is 24.7 Å². The third-order valence-electron chi connectivity index (χ3n) is 4.96. The molecule has 0 spiro atoms. The highest BCUT2D eigenvalue weighted by Crippen LogP contribution is 2.53. The van der Waals surface area contributed by atoms with Crippen molar-refractivity contribution in [1.82, 2.24) is 24.7 Å². The minimum Gasteiger partial charge on any atom is -0.392 e.